The molecule has 0 fully saturated rings. The molecule has 1 aliphatic rings. The molecule has 2 aromatic carbocycles. The number of rotatable bonds is 6. The standard InChI is InChI=1S/C20H17N3O6/c1-12-6-5-9-16(23(27)28)19(12)21-17(24)11-29-18(25)10-22-13(2)14-7-3-4-8-15(14)20(22)26/h3-9H,2,10-11H2,1H3,(H,21,24). The number of nitrogens with one attached hydrogen (secondary N) is 1. The van der Waals surface area contributed by atoms with E-state index in [2.05, 4.69) is 11.9 Å². The third kappa shape index (κ3) is 3.98. The molecule has 0 saturated carbocycles. The summed E-state index contributed by atoms with van der Waals surface area (Å²) >= 11 is 0. The molecule has 0 atom stereocenters. The van der Waals surface area contributed by atoms with Crippen LogP contribution in [0, 0.1) is 17.0 Å². The summed E-state index contributed by atoms with van der Waals surface area (Å²) in [4.78, 5) is 48.2. The number of ether oxygens (including phenoxy) is 1. The topological polar surface area (TPSA) is 119 Å². The van der Waals surface area contributed by atoms with Crippen LogP contribution in [0.15, 0.2) is 49.0 Å². The molecule has 9 nitrogen and oxygen atoms in total. The van der Waals surface area contributed by atoms with Gasteiger partial charge in [-0.15, -0.1) is 0 Å². The SMILES string of the molecule is C=C1c2ccccc2C(=O)N1CC(=O)OCC(=O)Nc1c(C)cccc1[N+](=O)[O-]. The lowest BCUT2D eigenvalue weighted by Gasteiger charge is -2.16. The largest absolute Gasteiger partial charge is 0.454 e. The van der Waals surface area contributed by atoms with Crippen LogP contribution >= 0.6 is 0 Å². The first-order chi connectivity index (χ1) is 13.8. The average Bonchev–Trinajstić information content (AvgIpc) is 2.93. The van der Waals surface area contributed by atoms with Gasteiger partial charge in [-0.3, -0.25) is 29.4 Å². The Morgan fingerprint density at radius 1 is 1.17 bits per heavy atom. The number of hydrogen-bond donors (Lipinski definition) is 1. The number of hydrogen-bond acceptors (Lipinski definition) is 6. The first kappa shape index (κ1) is 19.7. The molecule has 0 aromatic heterocycles. The number of para-hydroxylation sites is 1. The van der Waals surface area contributed by atoms with Gasteiger partial charge in [-0.25, -0.2) is 0 Å². The van der Waals surface area contributed by atoms with Gasteiger partial charge in [0.05, 0.1) is 4.92 Å². The first-order valence-corrected chi connectivity index (χ1v) is 8.59. The zero-order valence-electron chi connectivity index (χ0n) is 15.5. The van der Waals surface area contributed by atoms with Crippen molar-refractivity contribution in [2.24, 2.45) is 0 Å². The molecule has 0 spiro atoms. The Hall–Kier alpha value is -4.01. The molecule has 148 valence electrons. The van der Waals surface area contributed by atoms with E-state index in [1.54, 1.807) is 37.3 Å². The average molecular weight is 395 g/mol. The fourth-order valence-electron chi connectivity index (χ4n) is 2.97. The summed E-state index contributed by atoms with van der Waals surface area (Å²) in [6.07, 6.45) is 0. The second kappa shape index (κ2) is 7.93. The molecule has 0 aliphatic carbocycles. The quantitative estimate of drug-likeness (QED) is 0.456. The van der Waals surface area contributed by atoms with Crippen molar-refractivity contribution >= 4 is 34.9 Å². The minimum Gasteiger partial charge on any atom is -0.454 e. The zero-order valence-corrected chi connectivity index (χ0v) is 15.5. The van der Waals surface area contributed by atoms with Gasteiger partial charge in [-0.2, -0.15) is 0 Å². The van der Waals surface area contributed by atoms with Gasteiger partial charge in [0, 0.05) is 22.9 Å². The van der Waals surface area contributed by atoms with Crippen LogP contribution in [0.1, 0.15) is 21.5 Å². The van der Waals surface area contributed by atoms with Crippen molar-refractivity contribution in [2.75, 3.05) is 18.5 Å². The molecule has 1 N–H and O–H groups in total. The molecule has 9 heteroatoms. The van der Waals surface area contributed by atoms with Crippen molar-refractivity contribution in [3.8, 4) is 0 Å². The summed E-state index contributed by atoms with van der Waals surface area (Å²) in [5.41, 5.74) is 1.72. The predicted octanol–water partition coefficient (Wildman–Crippen LogP) is 2.51. The maximum Gasteiger partial charge on any atom is 0.326 e. The maximum atomic E-state index is 12.4. The number of anilines is 1. The van der Waals surface area contributed by atoms with E-state index in [0.29, 0.717) is 22.4 Å². The molecule has 0 radical (unpaired) electrons. The Labute approximate surface area is 165 Å². The van der Waals surface area contributed by atoms with Crippen molar-refractivity contribution in [1.82, 2.24) is 4.90 Å². The first-order valence-electron chi connectivity index (χ1n) is 8.59. The number of esters is 1. The smallest absolute Gasteiger partial charge is 0.326 e. The van der Waals surface area contributed by atoms with E-state index in [1.165, 1.54) is 17.0 Å². The molecule has 2 aromatic rings. The number of nitrogens with zero attached hydrogens (tertiary/aromatic N) is 2. The molecule has 3 rings (SSSR count). The Morgan fingerprint density at radius 2 is 1.86 bits per heavy atom. The number of carbonyl (C=O) groups excluding carboxylic acids is 3. The van der Waals surface area contributed by atoms with Gasteiger partial charge in [0.15, 0.2) is 6.61 Å². The van der Waals surface area contributed by atoms with E-state index < -0.39 is 30.0 Å². The van der Waals surface area contributed by atoms with Crippen LogP contribution in [0.3, 0.4) is 0 Å². The van der Waals surface area contributed by atoms with Gasteiger partial charge in [-0.05, 0) is 18.6 Å². The van der Waals surface area contributed by atoms with Crippen LogP contribution in [0.25, 0.3) is 5.70 Å². The van der Waals surface area contributed by atoms with E-state index in [9.17, 15) is 24.5 Å². The van der Waals surface area contributed by atoms with E-state index in [4.69, 9.17) is 4.74 Å². The highest BCUT2D eigenvalue weighted by Gasteiger charge is 2.32. The summed E-state index contributed by atoms with van der Waals surface area (Å²) in [7, 11) is 0. The molecule has 1 aliphatic heterocycles. The number of amides is 2. The molecular formula is C20H17N3O6. The summed E-state index contributed by atoms with van der Waals surface area (Å²) in [6, 6.07) is 11.2. The third-order valence-electron chi connectivity index (χ3n) is 4.40. The number of benzene rings is 2. The molecule has 29 heavy (non-hydrogen) atoms. The molecule has 0 saturated heterocycles. The van der Waals surface area contributed by atoms with Gasteiger partial charge in [0.2, 0.25) is 0 Å². The van der Waals surface area contributed by atoms with Gasteiger partial charge in [0.1, 0.15) is 12.2 Å². The number of aryl methyl sites for hydroxylation is 1. The van der Waals surface area contributed by atoms with Crippen LogP contribution in [0.2, 0.25) is 0 Å². The highest BCUT2D eigenvalue weighted by Crippen LogP contribution is 2.31. The van der Waals surface area contributed by atoms with Crippen molar-refractivity contribution < 1.29 is 24.0 Å². The Balaban J connectivity index is 1.58. The van der Waals surface area contributed by atoms with E-state index in [0.717, 1.165) is 0 Å². The fraction of sp³-hybridized carbons (Fsp3) is 0.150. The maximum absolute atomic E-state index is 12.4. The minimum absolute atomic E-state index is 0.0390. The van der Waals surface area contributed by atoms with Crippen LogP contribution in [0.4, 0.5) is 11.4 Å². The van der Waals surface area contributed by atoms with Crippen molar-refractivity contribution in [3.05, 3.63) is 75.8 Å². The normalized spacial score (nSPS) is 12.5. The highest BCUT2D eigenvalue weighted by molar-refractivity contribution is 6.10. The lowest BCUT2D eigenvalue weighted by molar-refractivity contribution is -0.384. The van der Waals surface area contributed by atoms with Crippen molar-refractivity contribution in [2.45, 2.75) is 6.92 Å². The van der Waals surface area contributed by atoms with E-state index in [1.807, 2.05) is 0 Å². The summed E-state index contributed by atoms with van der Waals surface area (Å²) in [5.74, 6) is -1.91. The lowest BCUT2D eigenvalue weighted by Crippen LogP contribution is -2.32. The van der Waals surface area contributed by atoms with Crippen LogP contribution < -0.4 is 5.32 Å². The molecule has 2 amide bonds. The minimum atomic E-state index is -0.804. The van der Waals surface area contributed by atoms with Gasteiger partial charge in [0.25, 0.3) is 17.5 Å². The summed E-state index contributed by atoms with van der Waals surface area (Å²) < 4.78 is 4.92. The molecule has 0 bridgehead atoms. The molecule has 1 heterocycles. The number of nitro groups is 1. The van der Waals surface area contributed by atoms with Gasteiger partial charge >= 0.3 is 5.97 Å². The van der Waals surface area contributed by atoms with Gasteiger partial charge in [-0.1, -0.05) is 36.9 Å². The second-order valence-electron chi connectivity index (χ2n) is 6.32. The zero-order chi connectivity index (χ0) is 21.1. The number of fused-ring (bicyclic) bond motifs is 1. The van der Waals surface area contributed by atoms with Crippen LogP contribution in [0.5, 0.6) is 0 Å². The Bertz CT molecular complexity index is 1010. The number of carbonyl (C=O) groups is 3. The fourth-order valence-corrected chi connectivity index (χ4v) is 2.97. The Morgan fingerprint density at radius 3 is 2.52 bits per heavy atom. The predicted molar refractivity (Wildman–Crippen MR) is 104 cm³/mol. The van der Waals surface area contributed by atoms with Crippen LogP contribution in [-0.2, 0) is 14.3 Å². The second-order valence-corrected chi connectivity index (χ2v) is 6.32. The van der Waals surface area contributed by atoms with Gasteiger partial charge < -0.3 is 10.1 Å². The lowest BCUT2D eigenvalue weighted by atomic mass is 10.1. The summed E-state index contributed by atoms with van der Waals surface area (Å²) in [5, 5.41) is 13.5. The summed E-state index contributed by atoms with van der Waals surface area (Å²) in [6.45, 7) is 4.38. The number of nitro benzene ring substituents is 1. The third-order valence-corrected chi connectivity index (χ3v) is 4.40. The highest BCUT2D eigenvalue weighted by atomic mass is 16.6. The molecular weight excluding hydrogens is 378 g/mol. The van der Waals surface area contributed by atoms with E-state index in [-0.39, 0.29) is 17.3 Å². The molecule has 0 unspecified atom stereocenters. The van der Waals surface area contributed by atoms with Crippen molar-refractivity contribution in [3.63, 3.8) is 0 Å². The van der Waals surface area contributed by atoms with Crippen LogP contribution in [-0.4, -0.2) is 40.8 Å². The van der Waals surface area contributed by atoms with E-state index >= 15 is 0 Å². The van der Waals surface area contributed by atoms with Crippen molar-refractivity contribution in [1.29, 1.82) is 0 Å². The monoisotopic (exact) mass is 395 g/mol. The Kier molecular flexibility index (Phi) is 5.40.